The van der Waals surface area contributed by atoms with Crippen molar-refractivity contribution in [2.24, 2.45) is 0 Å². The van der Waals surface area contributed by atoms with Gasteiger partial charge in [-0.1, -0.05) is 65.9 Å². The molecule has 1 atom stereocenters. The summed E-state index contributed by atoms with van der Waals surface area (Å²) in [5.41, 5.74) is 0.654. The van der Waals surface area contributed by atoms with Crippen molar-refractivity contribution in [3.63, 3.8) is 0 Å². The molecule has 0 bridgehead atoms. The molecular weight excluding hydrogens is 268 g/mol. The average molecular weight is 283 g/mol. The molecule has 2 aromatic carbocycles. The molecule has 100 valence electrons. The number of rotatable bonds is 2. The minimum absolute atomic E-state index is 0.709. The fraction of sp³-hybridized carbons (Fsp3) is 0.111. The van der Waals surface area contributed by atoms with Crippen LogP contribution in [0.5, 0.6) is 0 Å². The third-order valence-electron chi connectivity index (χ3n) is 2.88. The summed E-state index contributed by atoms with van der Waals surface area (Å²) in [6.45, 7) is 1.69. The van der Waals surface area contributed by atoms with Crippen molar-refractivity contribution in [3.8, 4) is 11.8 Å². The van der Waals surface area contributed by atoms with E-state index >= 15 is 0 Å². The molecule has 1 N–H and O–H groups in total. The lowest BCUT2D eigenvalue weighted by atomic mass is 9.97. The highest BCUT2D eigenvalue weighted by atomic mass is 35.5. The van der Waals surface area contributed by atoms with Crippen molar-refractivity contribution in [1.29, 1.82) is 0 Å². The van der Waals surface area contributed by atoms with E-state index in [1.54, 1.807) is 13.0 Å². The molecule has 0 fully saturated rings. The molecule has 0 unspecified atom stereocenters. The molecule has 1 nitrogen and oxygen atoms in total. The van der Waals surface area contributed by atoms with Crippen LogP contribution in [-0.2, 0) is 5.60 Å². The molecule has 0 spiro atoms. The number of benzene rings is 2. The van der Waals surface area contributed by atoms with Gasteiger partial charge in [-0.15, -0.1) is 0 Å². The van der Waals surface area contributed by atoms with Gasteiger partial charge in [0.2, 0.25) is 0 Å². The molecule has 0 aliphatic heterocycles. The van der Waals surface area contributed by atoms with Gasteiger partial charge in [0, 0.05) is 5.02 Å². The Balaban J connectivity index is 2.09. The molecule has 0 amide bonds. The van der Waals surface area contributed by atoms with Crippen LogP contribution >= 0.6 is 11.6 Å². The van der Waals surface area contributed by atoms with Crippen molar-refractivity contribution >= 4 is 17.7 Å². The molecule has 0 aliphatic carbocycles. The van der Waals surface area contributed by atoms with E-state index < -0.39 is 5.60 Å². The van der Waals surface area contributed by atoms with Gasteiger partial charge < -0.3 is 5.11 Å². The maximum Gasteiger partial charge on any atom is 0.148 e. The second-order valence-electron chi connectivity index (χ2n) is 4.59. The van der Waals surface area contributed by atoms with Crippen molar-refractivity contribution in [2.45, 2.75) is 12.5 Å². The Morgan fingerprint density at radius 2 is 1.70 bits per heavy atom. The highest BCUT2D eigenvalue weighted by Crippen LogP contribution is 2.18. The van der Waals surface area contributed by atoms with Crippen LogP contribution in [0.15, 0.2) is 60.7 Å². The van der Waals surface area contributed by atoms with Crippen LogP contribution in [0.1, 0.15) is 18.1 Å². The van der Waals surface area contributed by atoms with Crippen molar-refractivity contribution in [2.75, 3.05) is 0 Å². The largest absolute Gasteiger partial charge is 0.374 e. The molecule has 20 heavy (non-hydrogen) atoms. The summed E-state index contributed by atoms with van der Waals surface area (Å²) in [5.74, 6) is 5.72. The SMILES string of the molecule is C[C@](O)(C#C/C=C\c1ccc(Cl)cc1)c1ccccc1. The van der Waals surface area contributed by atoms with E-state index in [9.17, 15) is 5.11 Å². The summed E-state index contributed by atoms with van der Waals surface area (Å²) in [4.78, 5) is 0. The van der Waals surface area contributed by atoms with E-state index in [4.69, 9.17) is 11.6 Å². The first-order chi connectivity index (χ1) is 9.58. The summed E-state index contributed by atoms with van der Waals surface area (Å²) < 4.78 is 0. The Bertz CT molecular complexity index is 643. The van der Waals surface area contributed by atoms with Crippen LogP contribution < -0.4 is 0 Å². The first kappa shape index (κ1) is 14.4. The van der Waals surface area contributed by atoms with E-state index in [0.717, 1.165) is 11.1 Å². The number of hydrogen-bond acceptors (Lipinski definition) is 1. The molecule has 0 saturated carbocycles. The van der Waals surface area contributed by atoms with Gasteiger partial charge in [-0.25, -0.2) is 0 Å². The standard InChI is InChI=1S/C18H15ClO/c1-18(20,16-8-3-2-4-9-16)14-6-5-7-15-10-12-17(19)13-11-15/h2-5,7-13,20H,1H3/b7-5-/t18-/m0/s1. The quantitative estimate of drug-likeness (QED) is 0.816. The summed E-state index contributed by atoms with van der Waals surface area (Å²) in [6.07, 6.45) is 3.60. The van der Waals surface area contributed by atoms with Gasteiger partial charge in [0.25, 0.3) is 0 Å². The van der Waals surface area contributed by atoms with Crippen LogP contribution in [0.25, 0.3) is 6.08 Å². The van der Waals surface area contributed by atoms with E-state index in [1.807, 2.05) is 60.7 Å². The Labute approximate surface area is 124 Å². The Hall–Kier alpha value is -2.01. The number of hydrogen-bond donors (Lipinski definition) is 1. The van der Waals surface area contributed by atoms with Gasteiger partial charge in [0.15, 0.2) is 0 Å². The zero-order valence-electron chi connectivity index (χ0n) is 11.2. The summed E-state index contributed by atoms with van der Waals surface area (Å²) in [7, 11) is 0. The maximum atomic E-state index is 10.3. The molecule has 0 aliphatic rings. The van der Waals surface area contributed by atoms with Gasteiger partial charge in [-0.2, -0.15) is 0 Å². The first-order valence-electron chi connectivity index (χ1n) is 6.31. The number of aliphatic hydroxyl groups is 1. The smallest absolute Gasteiger partial charge is 0.148 e. The van der Waals surface area contributed by atoms with Crippen molar-refractivity contribution < 1.29 is 5.11 Å². The zero-order valence-corrected chi connectivity index (χ0v) is 11.9. The monoisotopic (exact) mass is 282 g/mol. The lowest BCUT2D eigenvalue weighted by Crippen LogP contribution is -2.17. The summed E-state index contributed by atoms with van der Waals surface area (Å²) in [6, 6.07) is 16.9. The van der Waals surface area contributed by atoms with E-state index in [1.165, 1.54) is 0 Å². The van der Waals surface area contributed by atoms with Gasteiger partial charge in [-0.3, -0.25) is 0 Å². The molecule has 0 radical (unpaired) electrons. The van der Waals surface area contributed by atoms with Crippen LogP contribution in [0, 0.1) is 11.8 Å². The second-order valence-corrected chi connectivity index (χ2v) is 5.03. The fourth-order valence-corrected chi connectivity index (χ4v) is 1.85. The third-order valence-corrected chi connectivity index (χ3v) is 3.13. The third kappa shape index (κ3) is 3.99. The van der Waals surface area contributed by atoms with E-state index in [-0.39, 0.29) is 0 Å². The van der Waals surface area contributed by atoms with Crippen LogP contribution in [-0.4, -0.2) is 5.11 Å². The summed E-state index contributed by atoms with van der Waals surface area (Å²) >= 11 is 5.82. The lowest BCUT2D eigenvalue weighted by molar-refractivity contribution is 0.122. The van der Waals surface area contributed by atoms with Gasteiger partial charge >= 0.3 is 0 Å². The van der Waals surface area contributed by atoms with Crippen LogP contribution in [0.2, 0.25) is 5.02 Å². The van der Waals surface area contributed by atoms with Crippen LogP contribution in [0.4, 0.5) is 0 Å². The topological polar surface area (TPSA) is 20.2 Å². The van der Waals surface area contributed by atoms with Crippen LogP contribution in [0.3, 0.4) is 0 Å². The molecule has 2 rings (SSSR count). The van der Waals surface area contributed by atoms with Gasteiger partial charge in [0.1, 0.15) is 5.60 Å². The van der Waals surface area contributed by atoms with Gasteiger partial charge in [-0.05, 0) is 42.3 Å². The first-order valence-corrected chi connectivity index (χ1v) is 6.68. The molecule has 0 aromatic heterocycles. The van der Waals surface area contributed by atoms with E-state index in [0.29, 0.717) is 5.02 Å². The zero-order chi connectivity index (χ0) is 14.4. The minimum Gasteiger partial charge on any atom is -0.374 e. The molecule has 0 heterocycles. The normalized spacial score (nSPS) is 13.6. The highest BCUT2D eigenvalue weighted by molar-refractivity contribution is 6.30. The van der Waals surface area contributed by atoms with Crippen molar-refractivity contribution in [3.05, 3.63) is 76.8 Å². The molecule has 2 aromatic rings. The molecular formula is C18H15ClO. The second kappa shape index (κ2) is 6.43. The van der Waals surface area contributed by atoms with Crippen molar-refractivity contribution in [1.82, 2.24) is 0 Å². The van der Waals surface area contributed by atoms with E-state index in [2.05, 4.69) is 11.8 Å². The average Bonchev–Trinajstić information content (AvgIpc) is 2.46. The molecule has 0 saturated heterocycles. The predicted octanol–water partition coefficient (Wildman–Crippen LogP) is 4.26. The lowest BCUT2D eigenvalue weighted by Gasteiger charge is -2.16. The highest BCUT2D eigenvalue weighted by Gasteiger charge is 2.18. The minimum atomic E-state index is -1.15. The predicted molar refractivity (Wildman–Crippen MR) is 84.3 cm³/mol. The summed E-state index contributed by atoms with van der Waals surface area (Å²) in [5, 5.41) is 11.0. The Kier molecular flexibility index (Phi) is 4.63. The van der Waals surface area contributed by atoms with Gasteiger partial charge in [0.05, 0.1) is 0 Å². The fourth-order valence-electron chi connectivity index (χ4n) is 1.73. The number of allylic oxidation sites excluding steroid dienone is 1. The molecule has 2 heteroatoms. The maximum absolute atomic E-state index is 10.3. The Morgan fingerprint density at radius 3 is 2.35 bits per heavy atom. The Morgan fingerprint density at radius 1 is 1.05 bits per heavy atom. The number of halogens is 1.